The van der Waals surface area contributed by atoms with Crippen molar-refractivity contribution in [1.29, 1.82) is 0 Å². The van der Waals surface area contributed by atoms with Crippen molar-refractivity contribution in [3.8, 4) is 0 Å². The molecule has 0 spiro atoms. The lowest BCUT2D eigenvalue weighted by atomic mass is 10.1. The first-order valence-electron chi connectivity index (χ1n) is 8.81. The molecular weight excluding hydrogens is 310 g/mol. The molecule has 7 heteroatoms. The molecule has 0 aromatic heterocycles. The molecule has 0 saturated carbocycles. The first-order valence-corrected chi connectivity index (χ1v) is 8.81. The molecule has 1 unspecified atom stereocenters. The van der Waals surface area contributed by atoms with Crippen LogP contribution in [0.4, 0.5) is 0 Å². The van der Waals surface area contributed by atoms with E-state index in [0.717, 1.165) is 32.1 Å². The summed E-state index contributed by atoms with van der Waals surface area (Å²) in [6.45, 7) is 5.18. The molecule has 5 N–H and O–H groups in total. The van der Waals surface area contributed by atoms with Gasteiger partial charge in [0, 0.05) is 6.42 Å². The molecule has 0 fully saturated rings. The molecule has 140 valence electrons. The molecule has 24 heavy (non-hydrogen) atoms. The quantitative estimate of drug-likeness (QED) is 0.366. The number of hydrogen-bond donors (Lipinski definition) is 4. The van der Waals surface area contributed by atoms with Gasteiger partial charge in [-0.15, -0.1) is 0 Å². The number of aliphatic hydroxyl groups excluding tert-OH is 1. The van der Waals surface area contributed by atoms with Crippen LogP contribution in [0.15, 0.2) is 0 Å². The fraction of sp³-hybridized carbons (Fsp3) is 0.824. The number of nitrogens with one attached hydrogen (secondary N) is 2. The number of carbonyl (C=O) groups is 3. The van der Waals surface area contributed by atoms with Gasteiger partial charge in [0.05, 0.1) is 12.1 Å². The Kier molecular flexibility index (Phi) is 12.1. The second-order valence-corrected chi connectivity index (χ2v) is 6.20. The fourth-order valence-electron chi connectivity index (χ4n) is 2.35. The monoisotopic (exact) mass is 343 g/mol. The Morgan fingerprint density at radius 1 is 1.08 bits per heavy atom. The standard InChI is InChI=1S/C17H33N3O4/c1-4-5-6-7-8-9-15(23)20-16(13(3)22)17(24)19-14(10-11-18)12(2)21/h13-14,16,22H,4-11,18H2,1-3H3,(H,19,24)(H,20,23)/t13?,14-,16-/m0/s1. The van der Waals surface area contributed by atoms with E-state index in [9.17, 15) is 19.5 Å². The molecule has 0 saturated heterocycles. The van der Waals surface area contributed by atoms with Crippen molar-refractivity contribution >= 4 is 17.6 Å². The molecule has 0 aliphatic rings. The number of rotatable bonds is 13. The number of ketones is 1. The van der Waals surface area contributed by atoms with Gasteiger partial charge in [0.2, 0.25) is 11.8 Å². The predicted octanol–water partition coefficient (Wildman–Crippen LogP) is 0.635. The molecule has 0 aromatic rings. The smallest absolute Gasteiger partial charge is 0.245 e. The second-order valence-electron chi connectivity index (χ2n) is 6.20. The van der Waals surface area contributed by atoms with E-state index in [0.29, 0.717) is 12.8 Å². The van der Waals surface area contributed by atoms with E-state index in [1.165, 1.54) is 13.8 Å². The molecule has 0 aromatic carbocycles. The summed E-state index contributed by atoms with van der Waals surface area (Å²) in [5, 5.41) is 14.9. The maximum Gasteiger partial charge on any atom is 0.245 e. The normalized spacial score (nSPS) is 14.5. The van der Waals surface area contributed by atoms with Gasteiger partial charge in [-0.05, 0) is 33.2 Å². The van der Waals surface area contributed by atoms with E-state index in [4.69, 9.17) is 5.73 Å². The topological polar surface area (TPSA) is 122 Å². The van der Waals surface area contributed by atoms with Crippen molar-refractivity contribution in [3.05, 3.63) is 0 Å². The van der Waals surface area contributed by atoms with Crippen LogP contribution in [-0.2, 0) is 14.4 Å². The van der Waals surface area contributed by atoms with E-state index >= 15 is 0 Å². The number of amides is 2. The zero-order valence-corrected chi connectivity index (χ0v) is 15.1. The molecule has 7 nitrogen and oxygen atoms in total. The summed E-state index contributed by atoms with van der Waals surface area (Å²) in [5.74, 6) is -1.05. The third-order valence-electron chi connectivity index (χ3n) is 3.85. The highest BCUT2D eigenvalue weighted by Crippen LogP contribution is 2.05. The number of hydrogen-bond acceptors (Lipinski definition) is 5. The van der Waals surface area contributed by atoms with Gasteiger partial charge in [-0.1, -0.05) is 32.6 Å². The van der Waals surface area contributed by atoms with Gasteiger partial charge in [-0.25, -0.2) is 0 Å². The Morgan fingerprint density at radius 2 is 1.71 bits per heavy atom. The van der Waals surface area contributed by atoms with Crippen LogP contribution in [0.25, 0.3) is 0 Å². The van der Waals surface area contributed by atoms with Gasteiger partial charge in [0.25, 0.3) is 0 Å². The maximum atomic E-state index is 12.2. The van der Waals surface area contributed by atoms with E-state index < -0.39 is 24.1 Å². The van der Waals surface area contributed by atoms with Crippen molar-refractivity contribution in [1.82, 2.24) is 10.6 Å². The van der Waals surface area contributed by atoms with Gasteiger partial charge in [-0.2, -0.15) is 0 Å². The minimum absolute atomic E-state index is 0.208. The zero-order valence-electron chi connectivity index (χ0n) is 15.1. The summed E-state index contributed by atoms with van der Waals surface area (Å²) < 4.78 is 0. The Morgan fingerprint density at radius 3 is 2.21 bits per heavy atom. The van der Waals surface area contributed by atoms with E-state index in [2.05, 4.69) is 17.6 Å². The maximum absolute atomic E-state index is 12.2. The van der Waals surface area contributed by atoms with Crippen LogP contribution >= 0.6 is 0 Å². The number of unbranched alkanes of at least 4 members (excludes halogenated alkanes) is 4. The molecule has 0 bridgehead atoms. The van der Waals surface area contributed by atoms with Gasteiger partial charge in [-0.3, -0.25) is 14.4 Å². The SMILES string of the molecule is CCCCCCCC(=O)N[C@H](C(=O)N[C@@H](CCN)C(C)=O)C(C)O. The highest BCUT2D eigenvalue weighted by atomic mass is 16.3. The first-order chi connectivity index (χ1) is 11.3. The molecule has 0 heterocycles. The number of aliphatic hydroxyl groups is 1. The average Bonchev–Trinajstić information content (AvgIpc) is 2.51. The summed E-state index contributed by atoms with van der Waals surface area (Å²) in [4.78, 5) is 35.7. The van der Waals surface area contributed by atoms with Crippen LogP contribution < -0.4 is 16.4 Å². The third kappa shape index (κ3) is 9.62. The summed E-state index contributed by atoms with van der Waals surface area (Å²) in [6, 6.07) is -1.78. The summed E-state index contributed by atoms with van der Waals surface area (Å²) in [7, 11) is 0. The fourth-order valence-corrected chi connectivity index (χ4v) is 2.35. The van der Waals surface area contributed by atoms with Gasteiger partial charge in [0.1, 0.15) is 6.04 Å². The Hall–Kier alpha value is -1.47. The van der Waals surface area contributed by atoms with Crippen LogP contribution in [0.1, 0.15) is 65.7 Å². The summed E-state index contributed by atoms with van der Waals surface area (Å²) in [6.07, 6.45) is 4.67. The molecule has 0 aliphatic heterocycles. The van der Waals surface area contributed by atoms with E-state index in [1.54, 1.807) is 0 Å². The van der Waals surface area contributed by atoms with E-state index in [-0.39, 0.29) is 18.2 Å². The van der Waals surface area contributed by atoms with Crippen LogP contribution in [0.3, 0.4) is 0 Å². The molecule has 0 aliphatic carbocycles. The zero-order chi connectivity index (χ0) is 18.5. The van der Waals surface area contributed by atoms with Crippen molar-refractivity contribution in [2.75, 3.05) is 6.54 Å². The van der Waals surface area contributed by atoms with Crippen LogP contribution in [0, 0.1) is 0 Å². The number of nitrogens with two attached hydrogens (primary N) is 1. The lowest BCUT2D eigenvalue weighted by Crippen LogP contribution is -2.55. The average molecular weight is 343 g/mol. The predicted molar refractivity (Wildman–Crippen MR) is 93.3 cm³/mol. The minimum Gasteiger partial charge on any atom is -0.391 e. The number of Topliss-reactive ketones (excluding diaryl/α,β-unsaturated/α-hetero) is 1. The first kappa shape index (κ1) is 22.5. The van der Waals surface area contributed by atoms with Crippen molar-refractivity contribution in [3.63, 3.8) is 0 Å². The second kappa shape index (κ2) is 12.9. The molecule has 0 radical (unpaired) electrons. The van der Waals surface area contributed by atoms with Gasteiger partial charge >= 0.3 is 0 Å². The highest BCUT2D eigenvalue weighted by molar-refractivity contribution is 5.92. The van der Waals surface area contributed by atoms with Crippen molar-refractivity contribution in [2.45, 2.75) is 83.9 Å². The van der Waals surface area contributed by atoms with Crippen LogP contribution in [0.5, 0.6) is 0 Å². The Balaban J connectivity index is 4.48. The molecular formula is C17H33N3O4. The third-order valence-corrected chi connectivity index (χ3v) is 3.85. The number of carbonyl (C=O) groups excluding carboxylic acids is 3. The van der Waals surface area contributed by atoms with Gasteiger partial charge in [0.15, 0.2) is 5.78 Å². The molecule has 2 amide bonds. The Bertz CT molecular complexity index is 399. The molecule has 3 atom stereocenters. The lowest BCUT2D eigenvalue weighted by molar-refractivity contribution is -0.133. The molecule has 0 rings (SSSR count). The van der Waals surface area contributed by atoms with Crippen LogP contribution in [-0.4, -0.2) is 47.4 Å². The van der Waals surface area contributed by atoms with Crippen LogP contribution in [0.2, 0.25) is 0 Å². The van der Waals surface area contributed by atoms with Crippen molar-refractivity contribution < 1.29 is 19.5 Å². The van der Waals surface area contributed by atoms with Gasteiger partial charge < -0.3 is 21.5 Å². The summed E-state index contributed by atoms with van der Waals surface area (Å²) >= 11 is 0. The highest BCUT2D eigenvalue weighted by Gasteiger charge is 2.28. The Labute approximate surface area is 144 Å². The van der Waals surface area contributed by atoms with Crippen molar-refractivity contribution in [2.24, 2.45) is 5.73 Å². The lowest BCUT2D eigenvalue weighted by Gasteiger charge is -2.23. The minimum atomic E-state index is -1.08. The van der Waals surface area contributed by atoms with E-state index in [1.807, 2.05) is 0 Å². The largest absolute Gasteiger partial charge is 0.391 e. The summed E-state index contributed by atoms with van der Waals surface area (Å²) in [5.41, 5.74) is 5.43.